The molecule has 0 N–H and O–H groups in total. The maximum atomic E-state index is 6.92. The summed E-state index contributed by atoms with van der Waals surface area (Å²) in [6.45, 7) is 19.6. The summed E-state index contributed by atoms with van der Waals surface area (Å²) in [7, 11) is 9.63. The van der Waals surface area contributed by atoms with Crippen LogP contribution in [0.5, 0.6) is 0 Å². The van der Waals surface area contributed by atoms with Crippen molar-refractivity contribution < 1.29 is 15.9 Å². The van der Waals surface area contributed by atoms with Crippen LogP contribution in [0.3, 0.4) is 0 Å². The molecule has 0 spiro atoms. The number of halogens is 2. The van der Waals surface area contributed by atoms with Crippen molar-refractivity contribution in [3.63, 3.8) is 0 Å². The summed E-state index contributed by atoms with van der Waals surface area (Å²) in [6.07, 6.45) is 9.44. The SMILES string of the molecule is Cc1cc(C)c(C[CH-]C2CCCC2)c(C)c1.[C-]#[N+]c1c(C)cc(C)cc1C.[Cl][Pd][Cl]. The Morgan fingerprint density at radius 2 is 1.27 bits per heavy atom. The molecular formula is C26H34Cl2NPd-. The molecule has 2 aromatic rings. The van der Waals surface area contributed by atoms with E-state index >= 15 is 0 Å². The fourth-order valence-corrected chi connectivity index (χ4v) is 4.36. The molecule has 0 saturated heterocycles. The first kappa shape index (κ1) is 27.2. The van der Waals surface area contributed by atoms with Gasteiger partial charge in [0.2, 0.25) is 0 Å². The zero-order valence-electron chi connectivity index (χ0n) is 19.0. The molecule has 1 nitrogen and oxygen atoms in total. The van der Waals surface area contributed by atoms with Crippen molar-refractivity contribution in [3.8, 4) is 0 Å². The van der Waals surface area contributed by atoms with E-state index in [-0.39, 0.29) is 15.9 Å². The first-order valence-corrected chi connectivity index (χ1v) is 14.4. The van der Waals surface area contributed by atoms with Gasteiger partial charge >= 0.3 is 35.0 Å². The van der Waals surface area contributed by atoms with Crippen LogP contribution in [0.2, 0.25) is 0 Å². The van der Waals surface area contributed by atoms with Gasteiger partial charge in [0.1, 0.15) is 0 Å². The van der Waals surface area contributed by atoms with Crippen LogP contribution in [0.4, 0.5) is 5.69 Å². The van der Waals surface area contributed by atoms with Gasteiger partial charge in [-0.3, -0.25) is 0 Å². The van der Waals surface area contributed by atoms with Crippen LogP contribution in [-0.2, 0) is 22.4 Å². The number of aryl methyl sites for hydroxylation is 6. The van der Waals surface area contributed by atoms with Gasteiger partial charge in [0, 0.05) is 0 Å². The Balaban J connectivity index is 0.000000280. The van der Waals surface area contributed by atoms with E-state index in [0.29, 0.717) is 0 Å². The van der Waals surface area contributed by atoms with Crippen LogP contribution in [0.15, 0.2) is 24.3 Å². The minimum absolute atomic E-state index is 0.106. The van der Waals surface area contributed by atoms with Gasteiger partial charge in [0.15, 0.2) is 5.69 Å². The average molecular weight is 538 g/mol. The summed E-state index contributed by atoms with van der Waals surface area (Å²) in [5.74, 6) is 0.889. The summed E-state index contributed by atoms with van der Waals surface area (Å²) in [5, 5.41) is 0. The predicted molar refractivity (Wildman–Crippen MR) is 129 cm³/mol. The number of hydrogen-bond donors (Lipinski definition) is 0. The Morgan fingerprint density at radius 1 is 0.867 bits per heavy atom. The summed E-state index contributed by atoms with van der Waals surface area (Å²) < 4.78 is 0. The van der Waals surface area contributed by atoms with Gasteiger partial charge < -0.3 is 6.42 Å². The normalized spacial score (nSPS) is 13.2. The second-order valence-electron chi connectivity index (χ2n) is 8.27. The van der Waals surface area contributed by atoms with Crippen molar-refractivity contribution in [2.24, 2.45) is 5.92 Å². The van der Waals surface area contributed by atoms with Crippen molar-refractivity contribution in [2.45, 2.75) is 73.6 Å². The molecule has 0 unspecified atom stereocenters. The molecule has 1 fully saturated rings. The molecule has 0 aliphatic heterocycles. The minimum atomic E-state index is -0.106. The molecule has 4 heteroatoms. The molecule has 3 rings (SSSR count). The van der Waals surface area contributed by atoms with Crippen molar-refractivity contribution >= 4 is 24.7 Å². The first-order chi connectivity index (χ1) is 14.2. The molecular weight excluding hydrogens is 504 g/mol. The second-order valence-corrected chi connectivity index (χ2v) is 10.6. The second kappa shape index (κ2) is 14.3. The van der Waals surface area contributed by atoms with E-state index in [0.717, 1.165) is 22.7 Å². The summed E-state index contributed by atoms with van der Waals surface area (Å²) in [4.78, 5) is 3.46. The van der Waals surface area contributed by atoms with Crippen LogP contribution in [-0.4, -0.2) is 0 Å². The molecule has 1 aliphatic carbocycles. The Labute approximate surface area is 200 Å². The molecule has 0 atom stereocenters. The van der Waals surface area contributed by atoms with Crippen LogP contribution in [0.25, 0.3) is 4.85 Å². The van der Waals surface area contributed by atoms with Crippen molar-refractivity contribution in [1.29, 1.82) is 0 Å². The predicted octanol–water partition coefficient (Wildman–Crippen LogP) is 9.09. The van der Waals surface area contributed by atoms with E-state index in [1.54, 1.807) is 5.56 Å². The monoisotopic (exact) mass is 536 g/mol. The van der Waals surface area contributed by atoms with Crippen molar-refractivity contribution in [2.75, 3.05) is 0 Å². The summed E-state index contributed by atoms with van der Waals surface area (Å²) in [6, 6.07) is 8.70. The van der Waals surface area contributed by atoms with Crippen LogP contribution < -0.4 is 0 Å². The van der Waals surface area contributed by atoms with Crippen molar-refractivity contribution in [3.05, 3.63) is 81.0 Å². The molecule has 0 aromatic heterocycles. The van der Waals surface area contributed by atoms with E-state index in [2.05, 4.69) is 44.2 Å². The third-order valence-electron chi connectivity index (χ3n) is 5.64. The van der Waals surface area contributed by atoms with Gasteiger partial charge in [-0.25, -0.2) is 4.85 Å². The van der Waals surface area contributed by atoms with Gasteiger partial charge in [0.05, 0.1) is 6.57 Å². The van der Waals surface area contributed by atoms with Gasteiger partial charge in [-0.1, -0.05) is 66.6 Å². The molecule has 30 heavy (non-hydrogen) atoms. The Bertz CT molecular complexity index is 803. The molecule has 0 amide bonds. The average Bonchev–Trinajstić information content (AvgIpc) is 3.15. The van der Waals surface area contributed by atoms with Gasteiger partial charge in [-0.15, -0.1) is 0 Å². The topological polar surface area (TPSA) is 4.36 Å². The summed E-state index contributed by atoms with van der Waals surface area (Å²) >= 11 is -0.106. The quantitative estimate of drug-likeness (QED) is 0.272. The first-order valence-electron chi connectivity index (χ1n) is 10.4. The molecule has 1 aliphatic rings. The fourth-order valence-electron chi connectivity index (χ4n) is 4.36. The van der Waals surface area contributed by atoms with E-state index in [9.17, 15) is 0 Å². The van der Waals surface area contributed by atoms with Gasteiger partial charge in [0.25, 0.3) is 0 Å². The maximum absolute atomic E-state index is 6.92. The van der Waals surface area contributed by atoms with Crippen LogP contribution >= 0.6 is 19.1 Å². The zero-order chi connectivity index (χ0) is 22.7. The standard InChI is InChI=1S/C16H23.C10H11N.2ClH.Pd/c1-12-10-13(2)16(14(3)11-12)9-8-15-6-4-5-7-15;1-7-5-8(2)10(11-4)9(3)6-7;;;/h8,10-11,15H,4-7,9H2,1-3H3;5-6H,1-3H3;2*1H;/q-1;;;;+2/p-2. The van der Waals surface area contributed by atoms with Crippen LogP contribution in [0, 0.1) is 60.5 Å². The van der Waals surface area contributed by atoms with E-state index in [1.807, 2.05) is 32.9 Å². The number of hydrogen-bond acceptors (Lipinski definition) is 0. The van der Waals surface area contributed by atoms with Crippen molar-refractivity contribution in [1.82, 2.24) is 0 Å². The third kappa shape index (κ3) is 9.12. The molecule has 168 valence electrons. The Kier molecular flexibility index (Phi) is 12.9. The molecule has 1 saturated carbocycles. The number of rotatable bonds is 3. The fraction of sp³-hybridized carbons (Fsp3) is 0.462. The molecule has 0 radical (unpaired) electrons. The van der Waals surface area contributed by atoms with Gasteiger partial charge in [-0.05, 0) is 63.8 Å². The Hall–Kier alpha value is -0.828. The van der Waals surface area contributed by atoms with Crippen LogP contribution in [0.1, 0.15) is 64.6 Å². The zero-order valence-corrected chi connectivity index (χ0v) is 22.1. The van der Waals surface area contributed by atoms with Gasteiger partial charge in [-0.2, -0.15) is 12.3 Å². The van der Waals surface area contributed by atoms with E-state index < -0.39 is 0 Å². The van der Waals surface area contributed by atoms with E-state index in [4.69, 9.17) is 25.6 Å². The molecule has 0 bridgehead atoms. The molecule has 0 heterocycles. The number of benzene rings is 2. The third-order valence-corrected chi connectivity index (χ3v) is 5.64. The summed E-state index contributed by atoms with van der Waals surface area (Å²) in [5.41, 5.74) is 10.1. The Morgan fingerprint density at radius 3 is 1.67 bits per heavy atom. The number of nitrogens with zero attached hydrogens (tertiary/aromatic N) is 1. The van der Waals surface area contributed by atoms with E-state index in [1.165, 1.54) is 54.4 Å². The molecule has 2 aromatic carbocycles.